The summed E-state index contributed by atoms with van der Waals surface area (Å²) in [6, 6.07) is 10.1. The van der Waals surface area contributed by atoms with E-state index in [0.717, 1.165) is 0 Å². The number of carbonyl (C=O) groups is 1. The molecular weight excluding hydrogens is 398 g/mol. The van der Waals surface area contributed by atoms with Crippen LogP contribution in [0.2, 0.25) is 5.02 Å². The number of carbonyl (C=O) groups excluding carboxylic acids is 1. The van der Waals surface area contributed by atoms with Gasteiger partial charge in [-0.1, -0.05) is 30.7 Å². The van der Waals surface area contributed by atoms with Gasteiger partial charge >= 0.3 is 6.03 Å². The molecule has 0 aliphatic rings. The molecule has 0 atom stereocenters. The standard InChI is InChI=1S/C19H18ClN5O4/c1-2-9-24(19(27)22-14-5-3-4-6-16(14)25(28)29)11-17-21-15-10-12(20)7-8-13(15)18(26)23-17/h3-8,10H,2,9,11H2,1H3,(H,22,27)(H,21,23,26). The van der Waals surface area contributed by atoms with Crippen molar-refractivity contribution in [2.75, 3.05) is 11.9 Å². The van der Waals surface area contributed by atoms with Crippen LogP contribution in [-0.2, 0) is 6.54 Å². The Balaban J connectivity index is 1.87. The molecule has 0 radical (unpaired) electrons. The van der Waals surface area contributed by atoms with Crippen LogP contribution in [0.5, 0.6) is 0 Å². The Morgan fingerprint density at radius 3 is 2.79 bits per heavy atom. The van der Waals surface area contributed by atoms with E-state index in [1.165, 1.54) is 23.1 Å². The summed E-state index contributed by atoms with van der Waals surface area (Å²) >= 11 is 5.98. The first kappa shape index (κ1) is 20.3. The predicted octanol–water partition coefficient (Wildman–Crippen LogP) is 3.93. The molecule has 29 heavy (non-hydrogen) atoms. The number of rotatable bonds is 6. The molecular formula is C19H18ClN5O4. The van der Waals surface area contributed by atoms with E-state index >= 15 is 0 Å². The van der Waals surface area contributed by atoms with Crippen LogP contribution in [0, 0.1) is 10.1 Å². The van der Waals surface area contributed by atoms with Gasteiger partial charge in [-0.05, 0) is 30.7 Å². The summed E-state index contributed by atoms with van der Waals surface area (Å²) in [6.07, 6.45) is 0.647. The molecule has 0 aliphatic heterocycles. The van der Waals surface area contributed by atoms with Crippen molar-refractivity contribution in [3.63, 3.8) is 0 Å². The summed E-state index contributed by atoms with van der Waals surface area (Å²) in [5.41, 5.74) is -0.0245. The SMILES string of the molecule is CCCN(Cc1nc2cc(Cl)ccc2c(=O)[nH]1)C(=O)Nc1ccccc1[N+](=O)[O-]. The monoisotopic (exact) mass is 415 g/mol. The van der Waals surface area contributed by atoms with E-state index in [-0.39, 0.29) is 29.3 Å². The summed E-state index contributed by atoms with van der Waals surface area (Å²) in [6.45, 7) is 2.28. The number of H-pyrrole nitrogens is 1. The second-order valence-corrected chi connectivity index (χ2v) is 6.74. The number of anilines is 1. The number of nitrogens with one attached hydrogen (secondary N) is 2. The van der Waals surface area contributed by atoms with E-state index in [1.54, 1.807) is 24.3 Å². The van der Waals surface area contributed by atoms with Gasteiger partial charge < -0.3 is 15.2 Å². The van der Waals surface area contributed by atoms with Gasteiger partial charge in [-0.25, -0.2) is 9.78 Å². The first-order chi connectivity index (χ1) is 13.9. The van der Waals surface area contributed by atoms with Crippen molar-refractivity contribution in [3.05, 3.63) is 73.8 Å². The van der Waals surface area contributed by atoms with Gasteiger partial charge in [-0.3, -0.25) is 14.9 Å². The minimum Gasteiger partial charge on any atom is -0.317 e. The van der Waals surface area contributed by atoms with E-state index in [1.807, 2.05) is 6.92 Å². The fraction of sp³-hybridized carbons (Fsp3) is 0.211. The number of nitrogens with zero attached hydrogens (tertiary/aromatic N) is 3. The smallest absolute Gasteiger partial charge is 0.317 e. The Hall–Kier alpha value is -3.46. The van der Waals surface area contributed by atoms with E-state index in [4.69, 9.17) is 11.6 Å². The zero-order chi connectivity index (χ0) is 21.0. The van der Waals surface area contributed by atoms with Crippen molar-refractivity contribution in [2.45, 2.75) is 19.9 Å². The van der Waals surface area contributed by atoms with Gasteiger partial charge in [-0.15, -0.1) is 0 Å². The number of aromatic amines is 1. The molecule has 0 fully saturated rings. The van der Waals surface area contributed by atoms with E-state index in [0.29, 0.717) is 28.9 Å². The number of aromatic nitrogens is 2. The minimum absolute atomic E-state index is 0.0258. The third-order valence-corrected chi connectivity index (χ3v) is 4.42. The van der Waals surface area contributed by atoms with Crippen LogP contribution in [0.3, 0.4) is 0 Å². The summed E-state index contributed by atoms with van der Waals surface area (Å²) in [5, 5.41) is 14.6. The number of fused-ring (bicyclic) bond motifs is 1. The summed E-state index contributed by atoms with van der Waals surface area (Å²) in [4.78, 5) is 44.1. The van der Waals surface area contributed by atoms with E-state index in [9.17, 15) is 19.7 Å². The minimum atomic E-state index is -0.564. The van der Waals surface area contributed by atoms with Gasteiger partial charge in [0.05, 0.1) is 22.4 Å². The average Bonchev–Trinajstić information content (AvgIpc) is 2.67. The van der Waals surface area contributed by atoms with Crippen LogP contribution in [0.25, 0.3) is 10.9 Å². The molecule has 1 heterocycles. The molecule has 0 bridgehead atoms. The number of halogens is 1. The molecule has 0 aliphatic carbocycles. The van der Waals surface area contributed by atoms with Crippen molar-refractivity contribution in [1.29, 1.82) is 0 Å². The molecule has 0 saturated heterocycles. The molecule has 2 aromatic carbocycles. The molecule has 0 unspecified atom stereocenters. The topological polar surface area (TPSA) is 121 Å². The van der Waals surface area contributed by atoms with Crippen LogP contribution in [0.4, 0.5) is 16.2 Å². The Bertz CT molecular complexity index is 1130. The average molecular weight is 416 g/mol. The molecule has 10 heteroatoms. The van der Waals surface area contributed by atoms with Gasteiger partial charge in [0.2, 0.25) is 0 Å². The largest absolute Gasteiger partial charge is 0.322 e. The van der Waals surface area contributed by atoms with E-state index in [2.05, 4.69) is 15.3 Å². The number of hydrogen-bond acceptors (Lipinski definition) is 5. The number of nitro groups is 1. The highest BCUT2D eigenvalue weighted by molar-refractivity contribution is 6.31. The summed E-state index contributed by atoms with van der Waals surface area (Å²) < 4.78 is 0. The van der Waals surface area contributed by atoms with Crippen molar-refractivity contribution >= 4 is 39.9 Å². The zero-order valence-electron chi connectivity index (χ0n) is 15.5. The number of hydrogen-bond donors (Lipinski definition) is 2. The zero-order valence-corrected chi connectivity index (χ0v) is 16.3. The molecule has 9 nitrogen and oxygen atoms in total. The molecule has 3 aromatic rings. The van der Waals surface area contributed by atoms with Gasteiger partial charge in [0.25, 0.3) is 11.2 Å². The fourth-order valence-corrected chi connectivity index (χ4v) is 3.04. The highest BCUT2D eigenvalue weighted by Crippen LogP contribution is 2.23. The fourth-order valence-electron chi connectivity index (χ4n) is 2.87. The first-order valence-electron chi connectivity index (χ1n) is 8.87. The number of nitro benzene ring substituents is 1. The molecule has 3 rings (SSSR count). The van der Waals surface area contributed by atoms with E-state index < -0.39 is 11.0 Å². The lowest BCUT2D eigenvalue weighted by Gasteiger charge is -2.22. The van der Waals surface area contributed by atoms with Gasteiger partial charge in [0.15, 0.2) is 0 Å². The maximum absolute atomic E-state index is 12.7. The highest BCUT2D eigenvalue weighted by Gasteiger charge is 2.20. The van der Waals surface area contributed by atoms with Crippen LogP contribution < -0.4 is 10.9 Å². The quantitative estimate of drug-likeness (QED) is 0.466. The lowest BCUT2D eigenvalue weighted by molar-refractivity contribution is -0.383. The lowest BCUT2D eigenvalue weighted by Crippen LogP contribution is -2.36. The van der Waals surface area contributed by atoms with Crippen LogP contribution in [-0.4, -0.2) is 32.4 Å². The maximum Gasteiger partial charge on any atom is 0.322 e. The molecule has 2 N–H and O–H groups in total. The molecule has 0 saturated carbocycles. The Morgan fingerprint density at radius 1 is 1.31 bits per heavy atom. The molecule has 2 amide bonds. The van der Waals surface area contributed by atoms with Gasteiger partial charge in [0.1, 0.15) is 11.5 Å². The number of amides is 2. The number of urea groups is 1. The van der Waals surface area contributed by atoms with Crippen molar-refractivity contribution in [3.8, 4) is 0 Å². The van der Waals surface area contributed by atoms with Crippen LogP contribution >= 0.6 is 11.6 Å². The predicted molar refractivity (Wildman–Crippen MR) is 110 cm³/mol. The van der Waals surface area contributed by atoms with Crippen LogP contribution in [0.1, 0.15) is 19.2 Å². The Morgan fingerprint density at radius 2 is 2.07 bits per heavy atom. The maximum atomic E-state index is 12.7. The molecule has 1 aromatic heterocycles. The van der Waals surface area contributed by atoms with Gasteiger partial charge in [0, 0.05) is 17.6 Å². The number of benzene rings is 2. The van der Waals surface area contributed by atoms with Gasteiger partial charge in [-0.2, -0.15) is 0 Å². The molecule has 150 valence electrons. The third-order valence-electron chi connectivity index (χ3n) is 4.18. The lowest BCUT2D eigenvalue weighted by atomic mass is 10.2. The summed E-state index contributed by atoms with van der Waals surface area (Å²) in [5.74, 6) is 0.288. The first-order valence-corrected chi connectivity index (χ1v) is 9.24. The molecule has 0 spiro atoms. The van der Waals surface area contributed by atoms with Crippen molar-refractivity contribution in [2.24, 2.45) is 0 Å². The van der Waals surface area contributed by atoms with Crippen LogP contribution in [0.15, 0.2) is 47.3 Å². The normalized spacial score (nSPS) is 10.7. The Kier molecular flexibility index (Phi) is 6.08. The van der Waals surface area contributed by atoms with Crippen molar-refractivity contribution < 1.29 is 9.72 Å². The summed E-state index contributed by atoms with van der Waals surface area (Å²) in [7, 11) is 0. The second kappa shape index (κ2) is 8.70. The Labute approximate surface area is 170 Å². The number of para-hydroxylation sites is 2. The highest BCUT2D eigenvalue weighted by atomic mass is 35.5. The third kappa shape index (κ3) is 4.69. The van der Waals surface area contributed by atoms with Crippen molar-refractivity contribution in [1.82, 2.24) is 14.9 Å². The second-order valence-electron chi connectivity index (χ2n) is 6.30.